The van der Waals surface area contributed by atoms with Crippen molar-refractivity contribution in [2.24, 2.45) is 0 Å². The first-order chi connectivity index (χ1) is 12.6. The Morgan fingerprint density at radius 3 is 2.42 bits per heavy atom. The molecule has 2 heterocycles. The zero-order valence-corrected chi connectivity index (χ0v) is 16.7. The van der Waals surface area contributed by atoms with Crippen molar-refractivity contribution in [3.8, 4) is 0 Å². The number of pyridine rings is 1. The minimum atomic E-state index is 0.440. The molecule has 0 radical (unpaired) electrons. The molecule has 0 spiro atoms. The quantitative estimate of drug-likeness (QED) is 0.691. The van der Waals surface area contributed by atoms with Crippen LogP contribution in [0.15, 0.2) is 48.7 Å². The van der Waals surface area contributed by atoms with Crippen LogP contribution in [0, 0.1) is 0 Å². The Hall–Kier alpha value is -1.87. The van der Waals surface area contributed by atoms with Crippen LogP contribution in [-0.4, -0.2) is 28.5 Å². The lowest BCUT2D eigenvalue weighted by atomic mass is 9.94. The molecule has 0 bridgehead atoms. The van der Waals surface area contributed by atoms with Crippen LogP contribution in [0.1, 0.15) is 64.1 Å². The second kappa shape index (κ2) is 8.68. The number of aromatic nitrogens is 1. The van der Waals surface area contributed by atoms with Gasteiger partial charge in [-0.3, -0.25) is 4.90 Å². The van der Waals surface area contributed by atoms with Gasteiger partial charge in [0, 0.05) is 36.4 Å². The standard InChI is InChI=1S/C23H33N3/c1-18(2)26(19(3)4)23-21(13-10-15-24-23)22-14-8-9-16-25(22)17-20-11-6-5-7-12-20/h5-7,10-13,15,18-19,22H,8-9,14,16-17H2,1-4H3. The number of hydrogen-bond acceptors (Lipinski definition) is 3. The first-order valence-corrected chi connectivity index (χ1v) is 10.1. The van der Waals surface area contributed by atoms with Crippen molar-refractivity contribution in [1.29, 1.82) is 0 Å². The van der Waals surface area contributed by atoms with Gasteiger partial charge >= 0.3 is 0 Å². The van der Waals surface area contributed by atoms with Crippen molar-refractivity contribution in [2.75, 3.05) is 11.4 Å². The molecule has 1 unspecified atom stereocenters. The smallest absolute Gasteiger partial charge is 0.133 e. The summed E-state index contributed by atoms with van der Waals surface area (Å²) >= 11 is 0. The largest absolute Gasteiger partial charge is 0.351 e. The number of piperidine rings is 1. The van der Waals surface area contributed by atoms with Crippen LogP contribution in [0.25, 0.3) is 0 Å². The average molecular weight is 352 g/mol. The maximum Gasteiger partial charge on any atom is 0.133 e. The fourth-order valence-electron chi connectivity index (χ4n) is 4.32. The molecule has 0 aliphatic carbocycles. The number of anilines is 1. The number of hydrogen-bond donors (Lipinski definition) is 0. The number of rotatable bonds is 6. The predicted molar refractivity (Wildman–Crippen MR) is 110 cm³/mol. The topological polar surface area (TPSA) is 19.4 Å². The molecule has 140 valence electrons. The molecule has 1 atom stereocenters. The highest BCUT2D eigenvalue weighted by molar-refractivity contribution is 5.50. The number of benzene rings is 1. The molecule has 1 aliphatic heterocycles. The van der Waals surface area contributed by atoms with E-state index in [0.29, 0.717) is 18.1 Å². The van der Waals surface area contributed by atoms with Crippen molar-refractivity contribution >= 4 is 5.82 Å². The number of nitrogens with zero attached hydrogens (tertiary/aromatic N) is 3. The zero-order chi connectivity index (χ0) is 18.5. The van der Waals surface area contributed by atoms with E-state index in [2.05, 4.69) is 80.0 Å². The van der Waals surface area contributed by atoms with Crippen LogP contribution < -0.4 is 4.90 Å². The van der Waals surface area contributed by atoms with Crippen LogP contribution >= 0.6 is 0 Å². The molecule has 26 heavy (non-hydrogen) atoms. The van der Waals surface area contributed by atoms with E-state index in [0.717, 1.165) is 13.1 Å². The maximum absolute atomic E-state index is 4.84. The molecule has 3 rings (SSSR count). The summed E-state index contributed by atoms with van der Waals surface area (Å²) in [6, 6.07) is 16.6. The van der Waals surface area contributed by atoms with E-state index >= 15 is 0 Å². The molecule has 3 heteroatoms. The minimum absolute atomic E-state index is 0.440. The monoisotopic (exact) mass is 351 g/mol. The van der Waals surface area contributed by atoms with Crippen molar-refractivity contribution in [1.82, 2.24) is 9.88 Å². The van der Waals surface area contributed by atoms with Crippen LogP contribution in [0.3, 0.4) is 0 Å². The van der Waals surface area contributed by atoms with Gasteiger partial charge in [-0.25, -0.2) is 4.98 Å². The van der Waals surface area contributed by atoms with E-state index in [1.165, 1.54) is 36.2 Å². The summed E-state index contributed by atoms with van der Waals surface area (Å²) in [4.78, 5) is 9.95. The molecular formula is C23H33N3. The molecule has 0 amide bonds. The van der Waals surface area contributed by atoms with Crippen LogP contribution in [0.4, 0.5) is 5.82 Å². The summed E-state index contributed by atoms with van der Waals surface area (Å²) in [7, 11) is 0. The highest BCUT2D eigenvalue weighted by Crippen LogP contribution is 2.37. The molecule has 3 nitrogen and oxygen atoms in total. The second-order valence-corrected chi connectivity index (χ2v) is 7.98. The number of likely N-dealkylation sites (tertiary alicyclic amines) is 1. The van der Waals surface area contributed by atoms with Crippen LogP contribution in [0.5, 0.6) is 0 Å². The molecule has 1 saturated heterocycles. The Labute approximate surface area is 159 Å². The lowest BCUT2D eigenvalue weighted by molar-refractivity contribution is 0.140. The average Bonchev–Trinajstić information content (AvgIpc) is 2.63. The third-order valence-corrected chi connectivity index (χ3v) is 5.38. The molecular weight excluding hydrogens is 318 g/mol. The van der Waals surface area contributed by atoms with Crippen molar-refractivity contribution in [2.45, 2.75) is 71.6 Å². The Morgan fingerprint density at radius 1 is 1.00 bits per heavy atom. The van der Waals surface area contributed by atoms with Gasteiger partial charge in [0.1, 0.15) is 5.82 Å². The lowest BCUT2D eigenvalue weighted by Crippen LogP contribution is -2.40. The summed E-state index contributed by atoms with van der Waals surface area (Å²) in [6.07, 6.45) is 5.75. The van der Waals surface area contributed by atoms with Gasteiger partial charge in [-0.2, -0.15) is 0 Å². The molecule has 1 aromatic carbocycles. The summed E-state index contributed by atoms with van der Waals surface area (Å²) in [6.45, 7) is 11.2. The Balaban J connectivity index is 1.93. The molecule has 1 aliphatic rings. The Bertz CT molecular complexity index is 673. The summed E-state index contributed by atoms with van der Waals surface area (Å²) in [5.74, 6) is 1.17. The summed E-state index contributed by atoms with van der Waals surface area (Å²) < 4.78 is 0. The predicted octanol–water partition coefficient (Wildman–Crippen LogP) is 5.43. The lowest BCUT2D eigenvalue weighted by Gasteiger charge is -2.40. The van der Waals surface area contributed by atoms with Gasteiger partial charge in [0.05, 0.1) is 0 Å². The van der Waals surface area contributed by atoms with Gasteiger partial charge in [-0.05, 0) is 58.7 Å². The summed E-state index contributed by atoms with van der Waals surface area (Å²) in [5.41, 5.74) is 2.79. The van der Waals surface area contributed by atoms with Gasteiger partial charge in [-0.15, -0.1) is 0 Å². The van der Waals surface area contributed by atoms with Crippen molar-refractivity contribution in [3.63, 3.8) is 0 Å². The molecule has 0 N–H and O–H groups in total. The Kier molecular flexibility index (Phi) is 6.31. The van der Waals surface area contributed by atoms with E-state index in [9.17, 15) is 0 Å². The van der Waals surface area contributed by atoms with E-state index in [1.807, 2.05) is 6.20 Å². The first-order valence-electron chi connectivity index (χ1n) is 10.1. The van der Waals surface area contributed by atoms with Crippen LogP contribution in [-0.2, 0) is 6.54 Å². The van der Waals surface area contributed by atoms with Gasteiger partial charge in [0.25, 0.3) is 0 Å². The zero-order valence-electron chi connectivity index (χ0n) is 16.7. The second-order valence-electron chi connectivity index (χ2n) is 7.98. The highest BCUT2D eigenvalue weighted by atomic mass is 15.2. The van der Waals surface area contributed by atoms with E-state index in [4.69, 9.17) is 4.98 Å². The SMILES string of the molecule is CC(C)N(c1ncccc1C1CCCCN1Cc1ccccc1)C(C)C. The first kappa shape index (κ1) is 18.9. The molecule has 0 saturated carbocycles. The van der Waals surface area contributed by atoms with Gasteiger partial charge in [-0.1, -0.05) is 42.8 Å². The fraction of sp³-hybridized carbons (Fsp3) is 0.522. The molecule has 1 aromatic heterocycles. The van der Waals surface area contributed by atoms with E-state index in [-0.39, 0.29) is 0 Å². The van der Waals surface area contributed by atoms with Crippen LogP contribution in [0.2, 0.25) is 0 Å². The van der Waals surface area contributed by atoms with Gasteiger partial charge in [0.15, 0.2) is 0 Å². The van der Waals surface area contributed by atoms with E-state index < -0.39 is 0 Å². The highest BCUT2D eigenvalue weighted by Gasteiger charge is 2.29. The normalized spacial score (nSPS) is 18.5. The Morgan fingerprint density at radius 2 is 1.73 bits per heavy atom. The third-order valence-electron chi connectivity index (χ3n) is 5.38. The summed E-state index contributed by atoms with van der Waals surface area (Å²) in [5, 5.41) is 0. The van der Waals surface area contributed by atoms with Crippen molar-refractivity contribution in [3.05, 3.63) is 59.8 Å². The van der Waals surface area contributed by atoms with Gasteiger partial charge < -0.3 is 4.90 Å². The minimum Gasteiger partial charge on any atom is -0.351 e. The fourth-order valence-corrected chi connectivity index (χ4v) is 4.32. The van der Waals surface area contributed by atoms with Crippen molar-refractivity contribution < 1.29 is 0 Å². The van der Waals surface area contributed by atoms with Gasteiger partial charge in [0.2, 0.25) is 0 Å². The molecule has 2 aromatic rings. The third kappa shape index (κ3) is 4.27. The maximum atomic E-state index is 4.84. The van der Waals surface area contributed by atoms with E-state index in [1.54, 1.807) is 0 Å². The molecule has 1 fully saturated rings.